The molecule has 0 aromatic heterocycles. The summed E-state index contributed by atoms with van der Waals surface area (Å²) in [7, 11) is -4.54. The average Bonchev–Trinajstić information content (AvgIpc) is 2.80. The third-order valence-corrected chi connectivity index (χ3v) is 6.04. The van der Waals surface area contributed by atoms with Crippen LogP contribution >= 0.6 is 7.60 Å². The Morgan fingerprint density at radius 3 is 2.00 bits per heavy atom. The first kappa shape index (κ1) is 30.1. The summed E-state index contributed by atoms with van der Waals surface area (Å²) in [5, 5.41) is 9.58. The van der Waals surface area contributed by atoms with Crippen LogP contribution < -0.4 is 21.3 Å². The number of alkyl carbamates (subject to hydrolysis) is 1. The number of carbonyl (C=O) groups is 4. The molecule has 0 fully saturated rings. The van der Waals surface area contributed by atoms with Crippen molar-refractivity contribution >= 4 is 31.4 Å². The Morgan fingerprint density at radius 1 is 0.914 bits per heavy atom. The van der Waals surface area contributed by atoms with Crippen molar-refractivity contribution in [1.29, 1.82) is 0 Å². The van der Waals surface area contributed by atoms with Crippen LogP contribution in [0.5, 0.6) is 0 Å². The number of hydrogen-bond acceptors (Lipinski definition) is 6. The molecule has 35 heavy (non-hydrogen) atoms. The largest absolute Gasteiger partial charge is 0.445 e. The molecule has 196 valence electrons. The van der Waals surface area contributed by atoms with Crippen LogP contribution in [0.3, 0.4) is 0 Å². The zero-order chi connectivity index (χ0) is 26.4. The molecule has 4 amide bonds. The van der Waals surface area contributed by atoms with Gasteiger partial charge >= 0.3 is 13.7 Å². The van der Waals surface area contributed by atoms with Gasteiger partial charge < -0.3 is 35.8 Å². The standard InChI is InChI=1S/C22H35N4O8P/c1-4-9-17(21(29)26-18(10-5-2)20(28)24-15(3)35(31,32)33)25-19(27)13-23-22(30)34-14-16-11-7-6-8-12-16/h6-8,11-12,15,17-18H,4-5,9-10,13-14H2,1-3H3,(H,23,30)(H,24,28)(H,25,27)(H,26,29)(H2,31,32,33)/t15-,17+,18+/m1/s1. The van der Waals surface area contributed by atoms with Gasteiger partial charge in [-0.25, -0.2) is 4.79 Å². The van der Waals surface area contributed by atoms with Crippen LogP contribution in [0.1, 0.15) is 52.0 Å². The van der Waals surface area contributed by atoms with E-state index in [9.17, 15) is 33.5 Å². The van der Waals surface area contributed by atoms with E-state index in [4.69, 9.17) is 4.74 Å². The molecule has 1 aromatic carbocycles. The summed E-state index contributed by atoms with van der Waals surface area (Å²) >= 11 is 0. The van der Waals surface area contributed by atoms with Crippen LogP contribution in [0.15, 0.2) is 30.3 Å². The second-order valence-corrected chi connectivity index (χ2v) is 9.90. The van der Waals surface area contributed by atoms with Crippen molar-refractivity contribution in [3.8, 4) is 0 Å². The van der Waals surface area contributed by atoms with Gasteiger partial charge in [0.1, 0.15) is 31.0 Å². The summed E-state index contributed by atoms with van der Waals surface area (Å²) in [4.78, 5) is 67.7. The Balaban J connectivity index is 2.62. The van der Waals surface area contributed by atoms with Gasteiger partial charge in [-0.15, -0.1) is 0 Å². The molecule has 1 aromatic rings. The second kappa shape index (κ2) is 15.1. The van der Waals surface area contributed by atoms with Crippen molar-refractivity contribution in [1.82, 2.24) is 21.3 Å². The highest BCUT2D eigenvalue weighted by Gasteiger charge is 2.30. The lowest BCUT2D eigenvalue weighted by molar-refractivity contribution is -0.132. The van der Waals surface area contributed by atoms with Crippen molar-refractivity contribution in [2.75, 3.05) is 6.54 Å². The maximum Gasteiger partial charge on any atom is 0.407 e. The van der Waals surface area contributed by atoms with Gasteiger partial charge in [-0.3, -0.25) is 18.9 Å². The zero-order valence-electron chi connectivity index (χ0n) is 20.2. The van der Waals surface area contributed by atoms with Crippen molar-refractivity contribution in [2.45, 2.75) is 70.9 Å². The molecule has 1 rings (SSSR count). The van der Waals surface area contributed by atoms with Crippen LogP contribution in [0.4, 0.5) is 4.79 Å². The van der Waals surface area contributed by atoms with Crippen molar-refractivity contribution in [2.24, 2.45) is 0 Å². The Morgan fingerprint density at radius 2 is 1.46 bits per heavy atom. The van der Waals surface area contributed by atoms with E-state index in [2.05, 4.69) is 21.3 Å². The van der Waals surface area contributed by atoms with Crippen molar-refractivity contribution in [3.63, 3.8) is 0 Å². The van der Waals surface area contributed by atoms with Crippen molar-refractivity contribution in [3.05, 3.63) is 35.9 Å². The molecular formula is C22H35N4O8P. The molecule has 0 aliphatic rings. The molecule has 13 heteroatoms. The van der Waals surface area contributed by atoms with E-state index in [0.717, 1.165) is 5.56 Å². The lowest BCUT2D eigenvalue weighted by Crippen LogP contribution is -2.55. The summed E-state index contributed by atoms with van der Waals surface area (Å²) in [6.07, 6.45) is 0.773. The molecule has 6 N–H and O–H groups in total. The SMILES string of the molecule is CCC[C@H](NC(=O)CNC(=O)OCc1ccccc1)C(=O)N[C@@H](CCC)C(=O)N[C@@H](C)P(=O)(O)O. The van der Waals surface area contributed by atoms with Gasteiger partial charge in [0.25, 0.3) is 0 Å². The highest BCUT2D eigenvalue weighted by atomic mass is 31.2. The molecule has 3 atom stereocenters. The van der Waals surface area contributed by atoms with Gasteiger partial charge in [0, 0.05) is 0 Å². The summed E-state index contributed by atoms with van der Waals surface area (Å²) in [5.41, 5.74) is 0.785. The summed E-state index contributed by atoms with van der Waals surface area (Å²) < 4.78 is 16.3. The van der Waals surface area contributed by atoms with E-state index >= 15 is 0 Å². The Bertz CT molecular complexity index is 893. The zero-order valence-corrected chi connectivity index (χ0v) is 21.0. The minimum absolute atomic E-state index is 0.0384. The van der Waals surface area contributed by atoms with Gasteiger partial charge in [0.05, 0.1) is 0 Å². The highest BCUT2D eigenvalue weighted by Crippen LogP contribution is 2.39. The van der Waals surface area contributed by atoms with E-state index in [1.807, 2.05) is 13.0 Å². The van der Waals surface area contributed by atoms with E-state index in [-0.39, 0.29) is 19.4 Å². The summed E-state index contributed by atoms with van der Waals surface area (Å²) in [6, 6.07) is 6.99. The van der Waals surface area contributed by atoms with Gasteiger partial charge in [-0.1, -0.05) is 57.0 Å². The quantitative estimate of drug-likeness (QED) is 0.200. The van der Waals surface area contributed by atoms with Crippen LogP contribution in [-0.2, 0) is 30.3 Å². The highest BCUT2D eigenvalue weighted by molar-refractivity contribution is 7.52. The fourth-order valence-corrected chi connectivity index (χ4v) is 3.25. The number of ether oxygens (including phenoxy) is 1. The molecule has 0 heterocycles. The second-order valence-electron chi connectivity index (χ2n) is 7.95. The topological polar surface area (TPSA) is 183 Å². The predicted molar refractivity (Wildman–Crippen MR) is 128 cm³/mol. The smallest absolute Gasteiger partial charge is 0.407 e. The van der Waals surface area contributed by atoms with Gasteiger partial charge in [0.2, 0.25) is 17.7 Å². The molecule has 0 aliphatic heterocycles. The molecular weight excluding hydrogens is 479 g/mol. The molecule has 0 radical (unpaired) electrons. The third kappa shape index (κ3) is 11.8. The average molecular weight is 515 g/mol. The van der Waals surface area contributed by atoms with E-state index in [1.165, 1.54) is 6.92 Å². The molecule has 0 bridgehead atoms. The van der Waals surface area contributed by atoms with Crippen LogP contribution in [0, 0.1) is 0 Å². The summed E-state index contributed by atoms with van der Waals surface area (Å²) in [5.74, 6) is -3.39. The first-order valence-corrected chi connectivity index (χ1v) is 13.1. The first-order valence-electron chi connectivity index (χ1n) is 11.4. The van der Waals surface area contributed by atoms with Gasteiger partial charge in [0.15, 0.2) is 0 Å². The Hall–Kier alpha value is -2.95. The van der Waals surface area contributed by atoms with E-state index in [0.29, 0.717) is 12.8 Å². The molecule has 0 spiro atoms. The predicted octanol–water partition coefficient (Wildman–Crippen LogP) is 1.12. The maximum absolute atomic E-state index is 12.8. The number of carbonyl (C=O) groups excluding carboxylic acids is 4. The fraction of sp³-hybridized carbons (Fsp3) is 0.545. The molecule has 0 saturated heterocycles. The van der Waals surface area contributed by atoms with Crippen LogP contribution in [0.2, 0.25) is 0 Å². The number of hydrogen-bond donors (Lipinski definition) is 6. The van der Waals surface area contributed by atoms with Gasteiger partial charge in [-0.2, -0.15) is 0 Å². The minimum Gasteiger partial charge on any atom is -0.445 e. The Kier molecular flexibility index (Phi) is 13.0. The molecule has 12 nitrogen and oxygen atoms in total. The lowest BCUT2D eigenvalue weighted by Gasteiger charge is -2.24. The molecule has 0 saturated carbocycles. The monoisotopic (exact) mass is 514 g/mol. The van der Waals surface area contributed by atoms with Gasteiger partial charge in [-0.05, 0) is 25.3 Å². The number of rotatable bonds is 14. The van der Waals surface area contributed by atoms with Crippen molar-refractivity contribution < 1.29 is 38.3 Å². The minimum atomic E-state index is -4.54. The maximum atomic E-state index is 12.8. The first-order chi connectivity index (χ1) is 16.5. The molecule has 0 aliphatic carbocycles. The normalized spacial score (nSPS) is 13.6. The van der Waals surface area contributed by atoms with E-state index in [1.54, 1.807) is 31.2 Å². The Labute approximate surface area is 204 Å². The van der Waals surface area contributed by atoms with Crippen LogP contribution in [-0.4, -0.2) is 58.0 Å². The van der Waals surface area contributed by atoms with E-state index < -0.39 is 55.8 Å². The fourth-order valence-electron chi connectivity index (χ4n) is 2.95. The number of amides is 4. The lowest BCUT2D eigenvalue weighted by atomic mass is 10.1. The van der Waals surface area contributed by atoms with Crippen LogP contribution in [0.25, 0.3) is 0 Å². The third-order valence-electron chi connectivity index (χ3n) is 4.90. The number of benzene rings is 1. The molecule has 0 unspecified atom stereocenters. The summed E-state index contributed by atoms with van der Waals surface area (Å²) in [6.45, 7) is 4.38. The number of nitrogens with one attached hydrogen (secondary N) is 4.